The van der Waals surface area contributed by atoms with Crippen molar-refractivity contribution in [1.29, 1.82) is 0 Å². The Bertz CT molecular complexity index is 1030. The van der Waals surface area contributed by atoms with E-state index in [1.165, 1.54) is 30.5 Å². The first-order valence-corrected chi connectivity index (χ1v) is 13.1. The summed E-state index contributed by atoms with van der Waals surface area (Å²) in [7, 11) is 5.20. The summed E-state index contributed by atoms with van der Waals surface area (Å²) in [5, 5.41) is 0. The average Bonchev–Trinajstić information content (AvgIpc) is 2.93. The van der Waals surface area contributed by atoms with Crippen LogP contribution in [0.1, 0.15) is 43.2 Å². The molecule has 7 nitrogen and oxygen atoms in total. The fourth-order valence-electron chi connectivity index (χ4n) is 5.63. The number of amides is 2. The van der Waals surface area contributed by atoms with Gasteiger partial charge < -0.3 is 19.4 Å². The summed E-state index contributed by atoms with van der Waals surface area (Å²) in [5.74, 6) is 0.761. The number of carbonyl (C=O) groups excluding carboxylic acids is 2. The Balaban J connectivity index is 1.41. The number of rotatable bonds is 9. The largest absolute Gasteiger partial charge is 0.497 e. The summed E-state index contributed by atoms with van der Waals surface area (Å²) >= 11 is 0. The molecule has 2 fully saturated rings. The predicted octanol–water partition coefficient (Wildman–Crippen LogP) is 3.77. The molecule has 2 aliphatic heterocycles. The van der Waals surface area contributed by atoms with Crippen LogP contribution in [0.4, 0.5) is 5.69 Å². The number of piperidine rings is 2. The van der Waals surface area contributed by atoms with Crippen LogP contribution in [0.2, 0.25) is 0 Å². The standard InChI is InChI=1S/C29H40N4O3/c1-30(21-25-10-8-12-27(20-25)36-3)28(35)29(31(2)23-34)13-17-32(18-14-29)22-24-9-7-11-26(19-24)33-15-5-4-6-16-33/h7-12,19-20,23H,4-6,13-18,21-22H2,1-3H3. The van der Waals surface area contributed by atoms with Crippen molar-refractivity contribution in [3.05, 3.63) is 59.7 Å². The van der Waals surface area contributed by atoms with E-state index in [2.05, 4.69) is 34.1 Å². The summed E-state index contributed by atoms with van der Waals surface area (Å²) in [4.78, 5) is 33.8. The SMILES string of the molecule is COc1cccc(CN(C)C(=O)C2(N(C)C=O)CCN(Cc3cccc(N4CCCCC4)c3)CC2)c1. The lowest BCUT2D eigenvalue weighted by Crippen LogP contribution is -2.61. The Kier molecular flexibility index (Phi) is 8.52. The highest BCUT2D eigenvalue weighted by atomic mass is 16.5. The molecule has 2 amide bonds. The van der Waals surface area contributed by atoms with E-state index in [1.54, 1.807) is 24.0 Å². The van der Waals surface area contributed by atoms with Crippen molar-refractivity contribution >= 4 is 18.0 Å². The third kappa shape index (κ3) is 5.84. The zero-order valence-corrected chi connectivity index (χ0v) is 22.0. The van der Waals surface area contributed by atoms with E-state index in [1.807, 2.05) is 31.3 Å². The maximum absolute atomic E-state index is 13.7. The number of carbonyl (C=O) groups is 2. The summed E-state index contributed by atoms with van der Waals surface area (Å²) in [6, 6.07) is 16.6. The molecule has 2 aliphatic rings. The van der Waals surface area contributed by atoms with Gasteiger partial charge >= 0.3 is 0 Å². The van der Waals surface area contributed by atoms with Gasteiger partial charge in [-0.3, -0.25) is 14.5 Å². The van der Waals surface area contributed by atoms with Gasteiger partial charge in [-0.15, -0.1) is 0 Å². The van der Waals surface area contributed by atoms with Crippen molar-refractivity contribution in [1.82, 2.24) is 14.7 Å². The monoisotopic (exact) mass is 492 g/mol. The van der Waals surface area contributed by atoms with E-state index in [0.717, 1.165) is 50.4 Å². The predicted molar refractivity (Wildman–Crippen MR) is 143 cm³/mol. The molecular formula is C29H40N4O3. The number of hydrogen-bond acceptors (Lipinski definition) is 5. The molecule has 0 radical (unpaired) electrons. The second kappa shape index (κ2) is 11.8. The summed E-state index contributed by atoms with van der Waals surface area (Å²) < 4.78 is 5.32. The van der Waals surface area contributed by atoms with Crippen LogP contribution >= 0.6 is 0 Å². The van der Waals surface area contributed by atoms with E-state index in [4.69, 9.17) is 4.74 Å². The third-order valence-electron chi connectivity index (χ3n) is 7.85. The molecule has 2 heterocycles. The van der Waals surface area contributed by atoms with Gasteiger partial charge in [0.1, 0.15) is 11.3 Å². The van der Waals surface area contributed by atoms with Gasteiger partial charge in [0, 0.05) is 59.1 Å². The first-order valence-electron chi connectivity index (χ1n) is 13.1. The number of likely N-dealkylation sites (N-methyl/N-ethyl adjacent to an activating group) is 2. The molecule has 0 aliphatic carbocycles. The van der Waals surface area contributed by atoms with Crippen LogP contribution in [-0.4, -0.2) is 79.9 Å². The highest BCUT2D eigenvalue weighted by Gasteiger charge is 2.46. The summed E-state index contributed by atoms with van der Waals surface area (Å²) in [5.41, 5.74) is 2.80. The van der Waals surface area contributed by atoms with Crippen LogP contribution in [0, 0.1) is 0 Å². The molecule has 0 unspecified atom stereocenters. The fourth-order valence-corrected chi connectivity index (χ4v) is 5.63. The van der Waals surface area contributed by atoms with Crippen molar-refractivity contribution < 1.29 is 14.3 Å². The van der Waals surface area contributed by atoms with Crippen LogP contribution in [0.5, 0.6) is 5.75 Å². The normalized spacial score (nSPS) is 17.9. The lowest BCUT2D eigenvalue weighted by molar-refractivity contribution is -0.151. The molecule has 0 bridgehead atoms. The second-order valence-electron chi connectivity index (χ2n) is 10.3. The molecule has 0 spiro atoms. The van der Waals surface area contributed by atoms with Crippen molar-refractivity contribution in [2.75, 3.05) is 52.3 Å². The Hall–Kier alpha value is -3.06. The van der Waals surface area contributed by atoms with Crippen molar-refractivity contribution in [3.63, 3.8) is 0 Å². The Morgan fingerprint density at radius 2 is 1.67 bits per heavy atom. The second-order valence-corrected chi connectivity index (χ2v) is 10.3. The number of methoxy groups -OCH3 is 1. The minimum absolute atomic E-state index is 0.00772. The van der Waals surface area contributed by atoms with Gasteiger partial charge in [-0.25, -0.2) is 0 Å². The van der Waals surface area contributed by atoms with E-state index in [-0.39, 0.29) is 5.91 Å². The number of benzene rings is 2. The van der Waals surface area contributed by atoms with Gasteiger partial charge in [0.15, 0.2) is 0 Å². The minimum atomic E-state index is -0.818. The zero-order valence-electron chi connectivity index (χ0n) is 22.0. The van der Waals surface area contributed by atoms with Crippen molar-refractivity contribution in [2.45, 2.75) is 50.7 Å². The summed E-state index contributed by atoms with van der Waals surface area (Å²) in [6.07, 6.45) is 5.90. The molecule has 2 saturated heterocycles. The number of nitrogens with zero attached hydrogens (tertiary/aromatic N) is 4. The first-order chi connectivity index (χ1) is 17.4. The zero-order chi connectivity index (χ0) is 25.5. The molecule has 4 rings (SSSR count). The van der Waals surface area contributed by atoms with Gasteiger partial charge in [0.25, 0.3) is 0 Å². The Morgan fingerprint density at radius 1 is 0.972 bits per heavy atom. The van der Waals surface area contributed by atoms with Gasteiger partial charge in [-0.1, -0.05) is 24.3 Å². The highest BCUT2D eigenvalue weighted by molar-refractivity contribution is 5.88. The lowest BCUT2D eigenvalue weighted by Gasteiger charge is -2.46. The number of ether oxygens (including phenoxy) is 1. The molecule has 0 atom stereocenters. The molecule has 0 aromatic heterocycles. The maximum Gasteiger partial charge on any atom is 0.248 e. The first kappa shape index (κ1) is 26.0. The molecule has 36 heavy (non-hydrogen) atoms. The van der Waals surface area contributed by atoms with Crippen LogP contribution in [0.3, 0.4) is 0 Å². The molecule has 2 aromatic carbocycles. The van der Waals surface area contributed by atoms with Crippen molar-refractivity contribution in [3.8, 4) is 5.75 Å². The van der Waals surface area contributed by atoms with Gasteiger partial charge in [0.05, 0.1) is 7.11 Å². The van der Waals surface area contributed by atoms with Gasteiger partial charge in [-0.05, 0) is 67.5 Å². The van der Waals surface area contributed by atoms with E-state index in [9.17, 15) is 9.59 Å². The molecule has 2 aromatic rings. The molecule has 194 valence electrons. The molecular weight excluding hydrogens is 452 g/mol. The Morgan fingerprint density at radius 3 is 2.36 bits per heavy atom. The number of likely N-dealkylation sites (tertiary alicyclic amines) is 1. The molecule has 7 heteroatoms. The Labute approximate surface area is 215 Å². The fraction of sp³-hybridized carbons (Fsp3) is 0.517. The van der Waals surface area contributed by atoms with E-state index in [0.29, 0.717) is 19.4 Å². The van der Waals surface area contributed by atoms with Crippen LogP contribution in [-0.2, 0) is 22.7 Å². The van der Waals surface area contributed by atoms with Crippen molar-refractivity contribution in [2.24, 2.45) is 0 Å². The van der Waals surface area contributed by atoms with Crippen LogP contribution < -0.4 is 9.64 Å². The van der Waals surface area contributed by atoms with Gasteiger partial charge in [0.2, 0.25) is 12.3 Å². The average molecular weight is 493 g/mol. The maximum atomic E-state index is 13.7. The smallest absolute Gasteiger partial charge is 0.248 e. The summed E-state index contributed by atoms with van der Waals surface area (Å²) in [6.45, 7) is 5.14. The lowest BCUT2D eigenvalue weighted by atomic mass is 9.84. The number of anilines is 1. The molecule has 0 N–H and O–H groups in total. The quantitative estimate of drug-likeness (QED) is 0.499. The van der Waals surface area contributed by atoms with E-state index >= 15 is 0 Å². The van der Waals surface area contributed by atoms with E-state index < -0.39 is 5.54 Å². The van der Waals surface area contributed by atoms with Gasteiger partial charge in [-0.2, -0.15) is 0 Å². The highest BCUT2D eigenvalue weighted by Crippen LogP contribution is 2.31. The van der Waals surface area contributed by atoms with Crippen LogP contribution in [0.25, 0.3) is 0 Å². The topological polar surface area (TPSA) is 56.3 Å². The number of hydrogen-bond donors (Lipinski definition) is 0. The van der Waals surface area contributed by atoms with Crippen LogP contribution in [0.15, 0.2) is 48.5 Å². The minimum Gasteiger partial charge on any atom is -0.497 e. The molecule has 0 saturated carbocycles. The third-order valence-corrected chi connectivity index (χ3v) is 7.85.